The zero-order chi connectivity index (χ0) is 13.8. The molecule has 0 aliphatic rings. The Labute approximate surface area is 120 Å². The summed E-state index contributed by atoms with van der Waals surface area (Å²) in [5.74, 6) is 1.13. The number of aldehydes is 1. The highest BCUT2D eigenvalue weighted by Crippen LogP contribution is 2.31. The number of carbonyl (C=O) groups excluding carboxylic acids is 1. The van der Waals surface area contributed by atoms with Gasteiger partial charge in [0.2, 0.25) is 5.88 Å². The Morgan fingerprint density at radius 3 is 2.47 bits per heavy atom. The van der Waals surface area contributed by atoms with Gasteiger partial charge >= 0.3 is 0 Å². The van der Waals surface area contributed by atoms with Gasteiger partial charge in [-0.15, -0.1) is 0 Å². The number of benzene rings is 1. The Hall–Kier alpha value is -1.75. The first-order chi connectivity index (χ1) is 9.11. The van der Waals surface area contributed by atoms with E-state index in [4.69, 9.17) is 4.74 Å². The molecule has 1 aromatic carbocycles. The van der Waals surface area contributed by atoms with Gasteiger partial charge in [-0.1, -0.05) is 15.9 Å². The monoisotopic (exact) mass is 320 g/mol. The highest BCUT2D eigenvalue weighted by atomic mass is 79.9. The van der Waals surface area contributed by atoms with Crippen LogP contribution in [0.4, 0.5) is 0 Å². The van der Waals surface area contributed by atoms with Gasteiger partial charge in [0.1, 0.15) is 12.0 Å². The molecule has 1 aromatic heterocycles. The topological polar surface area (TPSA) is 52.1 Å². The lowest BCUT2D eigenvalue weighted by molar-refractivity contribution is -0.107. The smallest absolute Gasteiger partial charge is 0.237 e. The maximum absolute atomic E-state index is 10.9. The summed E-state index contributed by atoms with van der Waals surface area (Å²) in [4.78, 5) is 18.6. The SMILES string of the molecule is Cc1cc(Oc2cnccn2)cc(C)c1C(Br)C=O. The summed E-state index contributed by atoms with van der Waals surface area (Å²) >= 11 is 3.35. The molecule has 19 heavy (non-hydrogen) atoms. The predicted octanol–water partition coefficient (Wildman–Crippen LogP) is 3.52. The third-order valence-corrected chi connectivity index (χ3v) is 3.40. The molecule has 2 rings (SSSR count). The largest absolute Gasteiger partial charge is 0.437 e. The van der Waals surface area contributed by atoms with E-state index in [-0.39, 0.29) is 4.83 Å². The molecule has 98 valence electrons. The van der Waals surface area contributed by atoms with Gasteiger partial charge in [0, 0.05) is 12.4 Å². The average Bonchev–Trinajstić information content (AvgIpc) is 2.38. The molecule has 0 radical (unpaired) electrons. The highest BCUT2D eigenvalue weighted by Gasteiger charge is 2.14. The van der Waals surface area contributed by atoms with Gasteiger partial charge in [-0.2, -0.15) is 0 Å². The van der Waals surface area contributed by atoms with E-state index in [2.05, 4.69) is 25.9 Å². The molecular formula is C14H13BrN2O2. The molecule has 2 aromatic rings. The fraction of sp³-hybridized carbons (Fsp3) is 0.214. The molecule has 0 saturated carbocycles. The van der Waals surface area contributed by atoms with Gasteiger partial charge in [0.15, 0.2) is 0 Å². The second kappa shape index (κ2) is 5.93. The second-order valence-corrected chi connectivity index (χ2v) is 5.14. The molecule has 0 saturated heterocycles. The van der Waals surface area contributed by atoms with E-state index >= 15 is 0 Å². The van der Waals surface area contributed by atoms with Crippen LogP contribution in [0.15, 0.2) is 30.7 Å². The van der Waals surface area contributed by atoms with Crippen molar-refractivity contribution in [1.29, 1.82) is 0 Å². The summed E-state index contributed by atoms with van der Waals surface area (Å²) in [6.45, 7) is 3.90. The first-order valence-electron chi connectivity index (χ1n) is 5.76. The third-order valence-electron chi connectivity index (χ3n) is 2.72. The van der Waals surface area contributed by atoms with E-state index < -0.39 is 0 Å². The van der Waals surface area contributed by atoms with Crippen LogP contribution in [0.2, 0.25) is 0 Å². The highest BCUT2D eigenvalue weighted by molar-refractivity contribution is 9.09. The number of nitrogens with zero attached hydrogens (tertiary/aromatic N) is 2. The third kappa shape index (κ3) is 3.17. The van der Waals surface area contributed by atoms with Crippen molar-refractivity contribution in [3.63, 3.8) is 0 Å². The van der Waals surface area contributed by atoms with Crippen molar-refractivity contribution < 1.29 is 9.53 Å². The minimum Gasteiger partial charge on any atom is -0.437 e. The van der Waals surface area contributed by atoms with Crippen molar-refractivity contribution in [3.8, 4) is 11.6 Å². The molecule has 1 heterocycles. The minimum atomic E-state index is -0.293. The Kier molecular flexibility index (Phi) is 4.27. The average molecular weight is 321 g/mol. The van der Waals surface area contributed by atoms with E-state index in [1.165, 1.54) is 0 Å². The first-order valence-corrected chi connectivity index (χ1v) is 6.67. The number of rotatable bonds is 4. The lowest BCUT2D eigenvalue weighted by Gasteiger charge is -2.14. The Bertz CT molecular complexity index is 564. The molecule has 0 amide bonds. The lowest BCUT2D eigenvalue weighted by Crippen LogP contribution is -1.99. The summed E-state index contributed by atoms with van der Waals surface area (Å²) in [5, 5.41) is 0. The van der Waals surface area contributed by atoms with E-state index in [0.29, 0.717) is 11.6 Å². The molecule has 1 unspecified atom stereocenters. The zero-order valence-corrected chi connectivity index (χ0v) is 12.2. The molecule has 0 fully saturated rings. The van der Waals surface area contributed by atoms with Crippen molar-refractivity contribution in [1.82, 2.24) is 9.97 Å². The van der Waals surface area contributed by atoms with Crippen LogP contribution in [0.3, 0.4) is 0 Å². The van der Waals surface area contributed by atoms with Gasteiger partial charge in [0.25, 0.3) is 0 Å². The van der Waals surface area contributed by atoms with Crippen LogP contribution in [0.25, 0.3) is 0 Å². The van der Waals surface area contributed by atoms with Crippen LogP contribution >= 0.6 is 15.9 Å². The predicted molar refractivity (Wildman–Crippen MR) is 75.8 cm³/mol. The van der Waals surface area contributed by atoms with Gasteiger partial charge in [-0.05, 0) is 42.7 Å². The molecule has 1 atom stereocenters. The number of aromatic nitrogens is 2. The number of aryl methyl sites for hydroxylation is 2. The Morgan fingerprint density at radius 1 is 1.26 bits per heavy atom. The van der Waals surface area contributed by atoms with Gasteiger partial charge < -0.3 is 9.53 Å². The number of hydrogen-bond acceptors (Lipinski definition) is 4. The normalized spacial score (nSPS) is 11.9. The quantitative estimate of drug-likeness (QED) is 0.639. The fourth-order valence-electron chi connectivity index (χ4n) is 1.96. The standard InChI is InChI=1S/C14H13BrN2O2/c1-9-5-11(19-13-7-16-3-4-17-13)6-10(2)14(9)12(15)8-18/h3-8,12H,1-2H3. The van der Waals surface area contributed by atoms with Gasteiger partial charge in [-0.3, -0.25) is 4.98 Å². The number of carbonyl (C=O) groups is 1. The molecule has 0 spiro atoms. The Balaban J connectivity index is 2.32. The summed E-state index contributed by atoms with van der Waals surface area (Å²) in [6.07, 6.45) is 5.59. The summed E-state index contributed by atoms with van der Waals surface area (Å²) in [7, 11) is 0. The van der Waals surface area contributed by atoms with E-state index in [1.54, 1.807) is 18.6 Å². The Morgan fingerprint density at radius 2 is 1.95 bits per heavy atom. The van der Waals surface area contributed by atoms with Crippen LogP contribution in [0, 0.1) is 13.8 Å². The van der Waals surface area contributed by atoms with Crippen LogP contribution in [-0.4, -0.2) is 16.3 Å². The maximum Gasteiger partial charge on any atom is 0.237 e. The van der Waals surface area contributed by atoms with E-state index in [1.807, 2.05) is 26.0 Å². The van der Waals surface area contributed by atoms with Gasteiger partial charge in [0.05, 0.1) is 11.0 Å². The molecule has 4 nitrogen and oxygen atoms in total. The molecular weight excluding hydrogens is 308 g/mol. The zero-order valence-electron chi connectivity index (χ0n) is 10.6. The lowest BCUT2D eigenvalue weighted by atomic mass is 10.00. The number of halogens is 1. The molecule has 5 heteroatoms. The van der Waals surface area contributed by atoms with E-state index in [9.17, 15) is 4.79 Å². The summed E-state index contributed by atoms with van der Waals surface area (Å²) in [5.41, 5.74) is 2.96. The van der Waals surface area contributed by atoms with Crippen LogP contribution in [0.5, 0.6) is 11.6 Å². The maximum atomic E-state index is 10.9. The van der Waals surface area contributed by atoms with Crippen LogP contribution in [-0.2, 0) is 4.79 Å². The first kappa shape index (κ1) is 13.7. The number of hydrogen-bond donors (Lipinski definition) is 0. The number of alkyl halides is 1. The molecule has 0 bridgehead atoms. The molecule has 0 aliphatic heterocycles. The molecule has 0 N–H and O–H groups in total. The summed E-state index contributed by atoms with van der Waals surface area (Å²) < 4.78 is 5.63. The van der Waals surface area contributed by atoms with Gasteiger partial charge in [-0.25, -0.2) is 4.98 Å². The van der Waals surface area contributed by atoms with Crippen molar-refractivity contribution in [3.05, 3.63) is 47.4 Å². The van der Waals surface area contributed by atoms with Crippen molar-refractivity contribution in [2.75, 3.05) is 0 Å². The second-order valence-electron chi connectivity index (χ2n) is 4.15. The number of ether oxygens (including phenoxy) is 1. The minimum absolute atomic E-state index is 0.293. The van der Waals surface area contributed by atoms with E-state index in [0.717, 1.165) is 23.0 Å². The fourth-order valence-corrected chi connectivity index (χ4v) is 2.68. The van der Waals surface area contributed by atoms with Crippen LogP contribution < -0.4 is 4.74 Å². The van der Waals surface area contributed by atoms with Crippen molar-refractivity contribution >= 4 is 22.2 Å². The van der Waals surface area contributed by atoms with Crippen LogP contribution in [0.1, 0.15) is 21.5 Å². The van der Waals surface area contributed by atoms with Crippen molar-refractivity contribution in [2.45, 2.75) is 18.7 Å². The molecule has 0 aliphatic carbocycles. The van der Waals surface area contributed by atoms with Crippen molar-refractivity contribution in [2.24, 2.45) is 0 Å². The summed E-state index contributed by atoms with van der Waals surface area (Å²) in [6, 6.07) is 3.77.